The molecule has 2 N–H and O–H groups in total. The minimum absolute atomic E-state index is 0. The van der Waals surface area contributed by atoms with E-state index in [1.165, 1.54) is 0 Å². The third kappa shape index (κ3) is 3.94. The quantitative estimate of drug-likeness (QED) is 0.659. The van der Waals surface area contributed by atoms with Crippen LogP contribution in [-0.4, -0.2) is 36.4 Å². The molecular weight excluding hydrogens is 326 g/mol. The first kappa shape index (κ1) is 18.0. The zero-order valence-electron chi connectivity index (χ0n) is 13.9. The number of rotatable bonds is 4. The molecule has 1 aliphatic rings. The van der Waals surface area contributed by atoms with E-state index < -0.39 is 0 Å². The number of carbonyl (C=O) groups is 1. The molecule has 0 radical (unpaired) electrons. The van der Waals surface area contributed by atoms with Gasteiger partial charge in [0.05, 0.1) is 6.21 Å². The van der Waals surface area contributed by atoms with Crippen LogP contribution in [-0.2, 0) is 12.8 Å². The number of nitrogens with one attached hydrogen (secondary N) is 2. The molecule has 0 saturated carbocycles. The number of H-pyrrole nitrogens is 1. The summed E-state index contributed by atoms with van der Waals surface area (Å²) >= 11 is 0. The third-order valence-electron chi connectivity index (χ3n) is 4.06. The first-order valence-corrected chi connectivity index (χ1v) is 7.82. The molecule has 0 fully saturated rings. The predicted octanol–water partition coefficient (Wildman–Crippen LogP) is 2.54. The van der Waals surface area contributed by atoms with E-state index >= 15 is 0 Å². The van der Waals surface area contributed by atoms with Gasteiger partial charge in [0, 0.05) is 31.0 Å². The molecule has 0 spiro atoms. The third-order valence-corrected chi connectivity index (χ3v) is 4.06. The molecule has 1 aromatic heterocycles. The topological polar surface area (TPSA) is 73.4 Å². The summed E-state index contributed by atoms with van der Waals surface area (Å²) in [6, 6.07) is 7.93. The summed E-state index contributed by atoms with van der Waals surface area (Å²) in [5.41, 5.74) is 7.21. The van der Waals surface area contributed by atoms with Crippen LogP contribution in [0.2, 0.25) is 0 Å². The van der Waals surface area contributed by atoms with Crippen LogP contribution in [0.15, 0.2) is 29.4 Å². The van der Waals surface area contributed by atoms with Crippen molar-refractivity contribution in [3.8, 4) is 0 Å². The van der Waals surface area contributed by atoms with E-state index in [9.17, 15) is 4.79 Å². The molecule has 1 amide bonds. The van der Waals surface area contributed by atoms with Crippen LogP contribution < -0.4 is 10.3 Å². The molecule has 3 rings (SSSR count). The number of anilines is 1. The van der Waals surface area contributed by atoms with E-state index in [0.29, 0.717) is 5.69 Å². The summed E-state index contributed by atoms with van der Waals surface area (Å²) in [4.78, 5) is 14.2. The molecule has 0 aliphatic heterocycles. The van der Waals surface area contributed by atoms with Crippen molar-refractivity contribution in [1.29, 1.82) is 0 Å². The minimum Gasteiger partial charge on any atom is -0.378 e. The number of carbonyl (C=O) groups excluding carboxylic acids is 1. The molecule has 6 nitrogen and oxygen atoms in total. The Bertz CT molecular complexity index is 721. The number of aromatic amines is 1. The number of amides is 1. The van der Waals surface area contributed by atoms with Gasteiger partial charge in [-0.1, -0.05) is 12.1 Å². The van der Waals surface area contributed by atoms with Gasteiger partial charge in [-0.25, -0.2) is 5.43 Å². The molecule has 2 aromatic rings. The van der Waals surface area contributed by atoms with Crippen molar-refractivity contribution in [2.75, 3.05) is 19.0 Å². The SMILES string of the molecule is CN(C)c1ccc(C=NNC(=O)c2n[nH]c3c2CCCC3)cc1.Cl. The second kappa shape index (κ2) is 7.97. The molecule has 1 aliphatic carbocycles. The van der Waals surface area contributed by atoms with Gasteiger partial charge in [0.15, 0.2) is 5.69 Å². The summed E-state index contributed by atoms with van der Waals surface area (Å²) in [7, 11) is 3.99. The highest BCUT2D eigenvalue weighted by Crippen LogP contribution is 2.21. The van der Waals surface area contributed by atoms with Gasteiger partial charge >= 0.3 is 0 Å². The lowest BCUT2D eigenvalue weighted by Gasteiger charge is -2.11. The summed E-state index contributed by atoms with van der Waals surface area (Å²) in [5, 5.41) is 11.1. The van der Waals surface area contributed by atoms with Gasteiger partial charge in [-0.15, -0.1) is 12.4 Å². The normalized spacial score (nSPS) is 13.2. The van der Waals surface area contributed by atoms with E-state index in [-0.39, 0.29) is 18.3 Å². The number of halogens is 1. The maximum Gasteiger partial charge on any atom is 0.292 e. The zero-order valence-corrected chi connectivity index (χ0v) is 14.7. The van der Waals surface area contributed by atoms with Crippen molar-refractivity contribution in [2.45, 2.75) is 25.7 Å². The van der Waals surface area contributed by atoms with E-state index in [0.717, 1.165) is 48.2 Å². The fraction of sp³-hybridized carbons (Fsp3) is 0.353. The second-order valence-corrected chi connectivity index (χ2v) is 5.92. The number of benzene rings is 1. The van der Waals surface area contributed by atoms with Crippen LogP contribution in [0.25, 0.3) is 0 Å². The summed E-state index contributed by atoms with van der Waals surface area (Å²) in [5.74, 6) is -0.259. The van der Waals surface area contributed by atoms with Crippen LogP contribution in [0.3, 0.4) is 0 Å². The maximum atomic E-state index is 12.2. The first-order chi connectivity index (χ1) is 11.1. The Morgan fingerprint density at radius 3 is 2.67 bits per heavy atom. The summed E-state index contributed by atoms with van der Waals surface area (Å²) in [6.45, 7) is 0. The van der Waals surface area contributed by atoms with Crippen molar-refractivity contribution in [3.05, 3.63) is 46.8 Å². The van der Waals surface area contributed by atoms with Gasteiger partial charge in [0.1, 0.15) is 0 Å². The highest BCUT2D eigenvalue weighted by atomic mass is 35.5. The number of aromatic nitrogens is 2. The smallest absolute Gasteiger partial charge is 0.292 e. The van der Waals surface area contributed by atoms with E-state index in [1.807, 2.05) is 43.3 Å². The molecular formula is C17H22ClN5O. The molecule has 1 aromatic carbocycles. The minimum atomic E-state index is -0.259. The highest BCUT2D eigenvalue weighted by molar-refractivity contribution is 5.94. The lowest BCUT2D eigenvalue weighted by Crippen LogP contribution is -2.20. The van der Waals surface area contributed by atoms with Crippen LogP contribution in [0.5, 0.6) is 0 Å². The largest absolute Gasteiger partial charge is 0.378 e. The lowest BCUT2D eigenvalue weighted by molar-refractivity contribution is 0.0949. The molecule has 128 valence electrons. The van der Waals surface area contributed by atoms with Crippen molar-refractivity contribution >= 4 is 30.2 Å². The lowest BCUT2D eigenvalue weighted by atomic mass is 9.96. The molecule has 0 bridgehead atoms. The Morgan fingerprint density at radius 2 is 1.96 bits per heavy atom. The number of fused-ring (bicyclic) bond motifs is 1. The van der Waals surface area contributed by atoms with Gasteiger partial charge < -0.3 is 4.90 Å². The number of aryl methyl sites for hydroxylation is 1. The van der Waals surface area contributed by atoms with Crippen LogP contribution in [0.4, 0.5) is 5.69 Å². The second-order valence-electron chi connectivity index (χ2n) is 5.92. The fourth-order valence-corrected chi connectivity index (χ4v) is 2.75. The maximum absolute atomic E-state index is 12.2. The van der Waals surface area contributed by atoms with Crippen LogP contribution >= 0.6 is 12.4 Å². The molecule has 1 heterocycles. The van der Waals surface area contributed by atoms with Crippen molar-refractivity contribution in [1.82, 2.24) is 15.6 Å². The van der Waals surface area contributed by atoms with E-state index in [2.05, 4.69) is 20.7 Å². The number of hydrogen-bond donors (Lipinski definition) is 2. The molecule has 0 saturated heterocycles. The van der Waals surface area contributed by atoms with E-state index in [4.69, 9.17) is 0 Å². The Morgan fingerprint density at radius 1 is 1.25 bits per heavy atom. The fourth-order valence-electron chi connectivity index (χ4n) is 2.75. The van der Waals surface area contributed by atoms with Gasteiger partial charge in [-0.05, 0) is 43.4 Å². The van der Waals surface area contributed by atoms with Gasteiger partial charge in [0.2, 0.25) is 0 Å². The first-order valence-electron chi connectivity index (χ1n) is 7.82. The zero-order chi connectivity index (χ0) is 16.2. The molecule has 24 heavy (non-hydrogen) atoms. The summed E-state index contributed by atoms with van der Waals surface area (Å²) in [6.07, 6.45) is 5.77. The molecule has 0 unspecified atom stereocenters. The van der Waals surface area contributed by atoms with Gasteiger partial charge in [-0.3, -0.25) is 9.89 Å². The van der Waals surface area contributed by atoms with E-state index in [1.54, 1.807) is 6.21 Å². The van der Waals surface area contributed by atoms with Crippen LogP contribution in [0.1, 0.15) is 40.2 Å². The Balaban J connectivity index is 0.00000208. The molecule has 7 heteroatoms. The highest BCUT2D eigenvalue weighted by Gasteiger charge is 2.21. The number of hydrogen-bond acceptors (Lipinski definition) is 4. The monoisotopic (exact) mass is 347 g/mol. The Kier molecular flexibility index (Phi) is 5.98. The number of nitrogens with zero attached hydrogens (tertiary/aromatic N) is 3. The van der Waals surface area contributed by atoms with Gasteiger partial charge in [0.25, 0.3) is 5.91 Å². The Labute approximate surface area is 147 Å². The van der Waals surface area contributed by atoms with Crippen molar-refractivity contribution < 1.29 is 4.79 Å². The molecule has 0 atom stereocenters. The average Bonchev–Trinajstić information content (AvgIpc) is 2.99. The Hall–Kier alpha value is -2.34. The number of hydrazone groups is 1. The van der Waals surface area contributed by atoms with Crippen LogP contribution in [0, 0.1) is 0 Å². The summed E-state index contributed by atoms with van der Waals surface area (Å²) < 4.78 is 0. The van der Waals surface area contributed by atoms with Crippen molar-refractivity contribution in [2.24, 2.45) is 5.10 Å². The average molecular weight is 348 g/mol. The predicted molar refractivity (Wildman–Crippen MR) is 98.3 cm³/mol. The standard InChI is InChI=1S/C17H21N5O.ClH/c1-22(2)13-9-7-12(8-10-13)11-18-21-17(23)16-14-5-3-4-6-15(14)19-20-16;/h7-11H,3-6H2,1-2H3,(H,19,20)(H,21,23);1H. The van der Waals surface area contributed by atoms with Gasteiger partial charge in [-0.2, -0.15) is 10.2 Å². The van der Waals surface area contributed by atoms with Crippen molar-refractivity contribution in [3.63, 3.8) is 0 Å².